The summed E-state index contributed by atoms with van der Waals surface area (Å²) in [6, 6.07) is 0. The number of rotatable bonds is 7. The largest absolute Gasteiger partial charge is 0.534 e. The molecule has 0 bridgehead atoms. The van der Waals surface area contributed by atoms with E-state index in [9.17, 15) is 21.6 Å². The van der Waals surface area contributed by atoms with Crippen LogP contribution < -0.4 is 0 Å². The third kappa shape index (κ3) is 5.40. The summed E-state index contributed by atoms with van der Waals surface area (Å²) in [5.41, 5.74) is -6.20. The third-order valence-electron chi connectivity index (χ3n) is 2.64. The molecule has 0 aliphatic heterocycles. The summed E-state index contributed by atoms with van der Waals surface area (Å²) in [7, 11) is -4.21. The van der Waals surface area contributed by atoms with Crippen LogP contribution in [0.3, 0.4) is 0 Å². The highest BCUT2D eigenvalue weighted by Gasteiger charge is 2.49. The molecule has 1 atom stereocenters. The normalized spacial score (nSPS) is 17.1. The van der Waals surface area contributed by atoms with Crippen LogP contribution in [0.25, 0.3) is 0 Å². The van der Waals surface area contributed by atoms with E-state index < -0.39 is 21.2 Å². The molecule has 0 aliphatic rings. The summed E-state index contributed by atoms with van der Waals surface area (Å²) in [5, 5.41) is 0. The predicted octanol–water partition coefficient (Wildman–Crippen LogP) is 3.35. The number of allylic oxidation sites excluding steroid dienone is 1. The molecule has 0 aromatic carbocycles. The van der Waals surface area contributed by atoms with E-state index in [2.05, 4.69) is 4.18 Å². The van der Waals surface area contributed by atoms with Gasteiger partial charge in [-0.3, -0.25) is 0 Å². The van der Waals surface area contributed by atoms with Gasteiger partial charge in [-0.05, 0) is 26.3 Å². The highest BCUT2D eigenvalue weighted by atomic mass is 32.2. The molecule has 19 heavy (non-hydrogen) atoms. The SMILES string of the molecule is C/C=C(\CC(C)(CCC)OC)OS(=O)(=O)C(F)(F)F. The van der Waals surface area contributed by atoms with Crippen molar-refractivity contribution in [2.45, 2.75) is 51.1 Å². The fourth-order valence-corrected chi connectivity index (χ4v) is 2.06. The summed E-state index contributed by atoms with van der Waals surface area (Å²) >= 11 is 0. The van der Waals surface area contributed by atoms with Gasteiger partial charge in [0.2, 0.25) is 0 Å². The Morgan fingerprint density at radius 1 is 1.32 bits per heavy atom. The summed E-state index contributed by atoms with van der Waals surface area (Å²) in [6.07, 6.45) is 2.45. The maximum absolute atomic E-state index is 12.2. The van der Waals surface area contributed by atoms with Gasteiger partial charge in [0, 0.05) is 13.5 Å². The van der Waals surface area contributed by atoms with Crippen LogP contribution in [0, 0.1) is 0 Å². The Kier molecular flexibility index (Phi) is 6.34. The molecule has 1 unspecified atom stereocenters. The zero-order valence-electron chi connectivity index (χ0n) is 11.4. The first-order valence-electron chi connectivity index (χ1n) is 5.72. The maximum atomic E-state index is 12.2. The van der Waals surface area contributed by atoms with Crippen molar-refractivity contribution in [1.82, 2.24) is 0 Å². The number of alkyl halides is 3. The molecular formula is C11H19F3O4S. The topological polar surface area (TPSA) is 52.6 Å². The molecule has 114 valence electrons. The van der Waals surface area contributed by atoms with E-state index in [-0.39, 0.29) is 12.2 Å². The van der Waals surface area contributed by atoms with Crippen molar-refractivity contribution in [1.29, 1.82) is 0 Å². The van der Waals surface area contributed by atoms with Gasteiger partial charge in [-0.15, -0.1) is 0 Å². The molecule has 0 radical (unpaired) electrons. The van der Waals surface area contributed by atoms with Crippen molar-refractivity contribution in [3.63, 3.8) is 0 Å². The lowest BCUT2D eigenvalue weighted by Crippen LogP contribution is -2.31. The van der Waals surface area contributed by atoms with Gasteiger partial charge in [0.05, 0.1) is 5.60 Å². The monoisotopic (exact) mass is 304 g/mol. The molecule has 8 heteroatoms. The van der Waals surface area contributed by atoms with Gasteiger partial charge in [-0.25, -0.2) is 0 Å². The van der Waals surface area contributed by atoms with Crippen LogP contribution in [0.1, 0.15) is 40.0 Å². The molecular weight excluding hydrogens is 285 g/mol. The summed E-state index contributed by atoms with van der Waals surface area (Å²) in [4.78, 5) is 0. The van der Waals surface area contributed by atoms with E-state index in [1.54, 1.807) is 6.92 Å². The Morgan fingerprint density at radius 2 is 1.84 bits per heavy atom. The van der Waals surface area contributed by atoms with E-state index in [0.29, 0.717) is 6.42 Å². The minimum absolute atomic E-state index is 0.0524. The molecule has 0 heterocycles. The first-order chi connectivity index (χ1) is 8.51. The van der Waals surface area contributed by atoms with Crippen molar-refractivity contribution < 1.29 is 30.5 Å². The standard InChI is InChI=1S/C11H19F3O4S/c1-5-7-10(3,17-4)8-9(6-2)18-19(15,16)11(12,13)14/h6H,5,7-8H2,1-4H3/b9-6+. The zero-order chi connectivity index (χ0) is 15.3. The van der Waals surface area contributed by atoms with Crippen LogP contribution in [-0.4, -0.2) is 26.6 Å². The second-order valence-corrected chi connectivity index (χ2v) is 5.86. The van der Waals surface area contributed by atoms with E-state index in [4.69, 9.17) is 4.74 Å². The van der Waals surface area contributed by atoms with Crippen molar-refractivity contribution in [3.05, 3.63) is 11.8 Å². The molecule has 0 aromatic heterocycles. The van der Waals surface area contributed by atoms with Gasteiger partial charge in [0.15, 0.2) is 0 Å². The quantitative estimate of drug-likeness (QED) is 0.411. The Bertz CT molecular complexity index is 414. The lowest BCUT2D eigenvalue weighted by Gasteiger charge is -2.28. The average molecular weight is 304 g/mol. The van der Waals surface area contributed by atoms with E-state index in [1.807, 2.05) is 6.92 Å². The predicted molar refractivity (Wildman–Crippen MR) is 64.8 cm³/mol. The Hall–Kier alpha value is -0.760. The fourth-order valence-electron chi connectivity index (χ4n) is 1.53. The van der Waals surface area contributed by atoms with Crippen molar-refractivity contribution in [2.24, 2.45) is 0 Å². The fraction of sp³-hybridized carbons (Fsp3) is 0.818. The molecule has 0 fully saturated rings. The highest BCUT2D eigenvalue weighted by molar-refractivity contribution is 7.87. The van der Waals surface area contributed by atoms with Crippen LogP contribution in [-0.2, 0) is 19.0 Å². The van der Waals surface area contributed by atoms with Crippen molar-refractivity contribution >= 4 is 10.1 Å². The van der Waals surface area contributed by atoms with Crippen LogP contribution in [0.2, 0.25) is 0 Å². The molecule has 0 aromatic rings. The molecule has 0 amide bonds. The second-order valence-electron chi connectivity index (χ2n) is 4.32. The molecule has 0 aliphatic carbocycles. The Labute approximate surface area is 111 Å². The number of methoxy groups -OCH3 is 1. The first kappa shape index (κ1) is 18.2. The number of hydrogen-bond acceptors (Lipinski definition) is 4. The number of halogens is 3. The van der Waals surface area contributed by atoms with Crippen molar-refractivity contribution in [2.75, 3.05) is 7.11 Å². The number of hydrogen-bond donors (Lipinski definition) is 0. The number of ether oxygens (including phenoxy) is 1. The molecule has 0 rings (SSSR count). The molecule has 0 saturated heterocycles. The van der Waals surface area contributed by atoms with Gasteiger partial charge in [-0.2, -0.15) is 21.6 Å². The Balaban J connectivity index is 5.00. The highest BCUT2D eigenvalue weighted by Crippen LogP contribution is 2.31. The molecule has 0 N–H and O–H groups in total. The van der Waals surface area contributed by atoms with Crippen LogP contribution in [0.4, 0.5) is 13.2 Å². The lowest BCUT2D eigenvalue weighted by atomic mass is 9.95. The van der Waals surface area contributed by atoms with Gasteiger partial charge in [0.25, 0.3) is 0 Å². The minimum Gasteiger partial charge on any atom is -0.381 e. The summed E-state index contributed by atoms with van der Waals surface area (Å²) < 4.78 is 67.9. The molecule has 4 nitrogen and oxygen atoms in total. The third-order valence-corrected chi connectivity index (χ3v) is 3.64. The molecule has 0 spiro atoms. The van der Waals surface area contributed by atoms with Crippen LogP contribution in [0.5, 0.6) is 0 Å². The summed E-state index contributed by atoms with van der Waals surface area (Å²) in [5.74, 6) is -0.282. The minimum atomic E-state index is -5.63. The van der Waals surface area contributed by atoms with Crippen LogP contribution >= 0.6 is 0 Å². The average Bonchev–Trinajstić information content (AvgIpc) is 2.26. The van der Waals surface area contributed by atoms with E-state index in [1.165, 1.54) is 20.1 Å². The molecule has 0 saturated carbocycles. The van der Waals surface area contributed by atoms with Crippen molar-refractivity contribution in [3.8, 4) is 0 Å². The Morgan fingerprint density at radius 3 is 2.16 bits per heavy atom. The van der Waals surface area contributed by atoms with Crippen LogP contribution in [0.15, 0.2) is 11.8 Å². The summed E-state index contributed by atoms with van der Waals surface area (Å²) in [6.45, 7) is 4.98. The second kappa shape index (κ2) is 6.60. The maximum Gasteiger partial charge on any atom is 0.534 e. The van der Waals surface area contributed by atoms with Gasteiger partial charge in [0.1, 0.15) is 5.76 Å². The van der Waals surface area contributed by atoms with Gasteiger partial charge in [-0.1, -0.05) is 13.3 Å². The van der Waals surface area contributed by atoms with E-state index >= 15 is 0 Å². The zero-order valence-corrected chi connectivity index (χ0v) is 12.2. The smallest absolute Gasteiger partial charge is 0.381 e. The van der Waals surface area contributed by atoms with Gasteiger partial charge < -0.3 is 8.92 Å². The van der Waals surface area contributed by atoms with Gasteiger partial charge >= 0.3 is 15.6 Å². The lowest BCUT2D eigenvalue weighted by molar-refractivity contribution is -0.0540. The first-order valence-corrected chi connectivity index (χ1v) is 7.13. The van der Waals surface area contributed by atoms with E-state index in [0.717, 1.165) is 6.42 Å².